The molecule has 1 heteroatoms. The highest BCUT2D eigenvalue weighted by atomic mass is 35.5. The van der Waals surface area contributed by atoms with Crippen molar-refractivity contribution >= 4 is 11.6 Å². The van der Waals surface area contributed by atoms with Crippen molar-refractivity contribution in [2.75, 3.05) is 0 Å². The Morgan fingerprint density at radius 1 is 0.450 bits per heavy atom. The first-order valence-electron chi connectivity index (χ1n) is 9.50. The molecular formula is C19H33Cl. The number of hydrogen-bond acceptors (Lipinski definition) is 0. The molecule has 0 nitrogen and oxygen atoms in total. The highest BCUT2D eigenvalue weighted by Crippen LogP contribution is 2.54. The summed E-state index contributed by atoms with van der Waals surface area (Å²) in [5, 5.41) is 0. The Balaban J connectivity index is 1.79. The minimum atomic E-state index is 0.182. The Labute approximate surface area is 131 Å². The maximum absolute atomic E-state index is 7.58. The first kappa shape index (κ1) is 15.2. The minimum absolute atomic E-state index is 0.182. The predicted molar refractivity (Wildman–Crippen MR) is 88.3 cm³/mol. The maximum Gasteiger partial charge on any atom is 0.0531 e. The SMILES string of the molecule is ClC(C1CCCCC1)(C1CCCCC1)C1CCCCC1. The molecule has 0 bridgehead atoms. The van der Waals surface area contributed by atoms with Gasteiger partial charge in [-0.2, -0.15) is 0 Å². The lowest BCUT2D eigenvalue weighted by Gasteiger charge is -2.50. The molecule has 20 heavy (non-hydrogen) atoms. The van der Waals surface area contributed by atoms with Crippen molar-refractivity contribution in [3.8, 4) is 0 Å². The van der Waals surface area contributed by atoms with Crippen LogP contribution in [0.25, 0.3) is 0 Å². The first-order chi connectivity index (χ1) is 9.82. The Hall–Kier alpha value is 0.290. The molecule has 3 saturated carbocycles. The Morgan fingerprint density at radius 2 is 0.700 bits per heavy atom. The van der Waals surface area contributed by atoms with Crippen molar-refractivity contribution in [3.05, 3.63) is 0 Å². The monoisotopic (exact) mass is 296 g/mol. The summed E-state index contributed by atoms with van der Waals surface area (Å²) >= 11 is 7.58. The van der Waals surface area contributed by atoms with Gasteiger partial charge in [0.05, 0.1) is 4.87 Å². The van der Waals surface area contributed by atoms with Gasteiger partial charge >= 0.3 is 0 Å². The number of alkyl halides is 1. The number of halogens is 1. The number of hydrogen-bond donors (Lipinski definition) is 0. The van der Waals surface area contributed by atoms with Crippen LogP contribution in [-0.2, 0) is 0 Å². The summed E-state index contributed by atoms with van der Waals surface area (Å²) in [7, 11) is 0. The van der Waals surface area contributed by atoms with E-state index in [2.05, 4.69) is 0 Å². The predicted octanol–water partition coefficient (Wildman–Crippen LogP) is 6.70. The molecule has 3 rings (SSSR count). The molecule has 0 amide bonds. The largest absolute Gasteiger partial charge is 0.118 e. The van der Waals surface area contributed by atoms with Crippen LogP contribution in [0.4, 0.5) is 0 Å². The molecule has 0 heterocycles. The van der Waals surface area contributed by atoms with E-state index < -0.39 is 0 Å². The van der Waals surface area contributed by atoms with Crippen LogP contribution in [0.1, 0.15) is 96.3 Å². The fourth-order valence-electron chi connectivity index (χ4n) is 5.64. The van der Waals surface area contributed by atoms with Crippen LogP contribution < -0.4 is 0 Å². The molecule has 116 valence electrons. The van der Waals surface area contributed by atoms with Crippen molar-refractivity contribution in [2.45, 2.75) is 101 Å². The summed E-state index contributed by atoms with van der Waals surface area (Å²) in [6, 6.07) is 0. The summed E-state index contributed by atoms with van der Waals surface area (Å²) in [6.45, 7) is 0. The Bertz CT molecular complexity index is 235. The van der Waals surface area contributed by atoms with E-state index >= 15 is 0 Å². The fraction of sp³-hybridized carbons (Fsp3) is 1.00. The molecule has 0 unspecified atom stereocenters. The van der Waals surface area contributed by atoms with Gasteiger partial charge in [-0.1, -0.05) is 57.8 Å². The van der Waals surface area contributed by atoms with Crippen LogP contribution >= 0.6 is 11.6 Å². The van der Waals surface area contributed by atoms with Crippen molar-refractivity contribution in [1.29, 1.82) is 0 Å². The van der Waals surface area contributed by atoms with E-state index in [1.54, 1.807) is 0 Å². The molecular weight excluding hydrogens is 264 g/mol. The molecule has 3 aliphatic rings. The molecule has 0 aromatic carbocycles. The lowest BCUT2D eigenvalue weighted by Crippen LogP contribution is -2.48. The molecule has 3 fully saturated rings. The third-order valence-corrected chi connectivity index (χ3v) is 7.62. The molecule has 0 aromatic rings. The van der Waals surface area contributed by atoms with Crippen LogP contribution in [0, 0.1) is 17.8 Å². The number of rotatable bonds is 3. The van der Waals surface area contributed by atoms with Gasteiger partial charge in [-0.15, -0.1) is 11.6 Å². The van der Waals surface area contributed by atoms with Gasteiger partial charge in [0.2, 0.25) is 0 Å². The van der Waals surface area contributed by atoms with Gasteiger partial charge in [-0.3, -0.25) is 0 Å². The van der Waals surface area contributed by atoms with E-state index in [9.17, 15) is 0 Å². The second-order valence-corrected chi connectivity index (χ2v) is 8.49. The normalized spacial score (nSPS) is 28.6. The molecule has 3 aliphatic carbocycles. The van der Waals surface area contributed by atoms with Crippen LogP contribution in [0.5, 0.6) is 0 Å². The third-order valence-electron chi connectivity index (χ3n) is 6.69. The van der Waals surface area contributed by atoms with Gasteiger partial charge in [0, 0.05) is 0 Å². The third kappa shape index (κ3) is 3.06. The summed E-state index contributed by atoms with van der Waals surface area (Å²) in [6.07, 6.45) is 21.6. The molecule has 0 saturated heterocycles. The average Bonchev–Trinajstić information content (AvgIpc) is 2.56. The van der Waals surface area contributed by atoms with E-state index in [0.717, 1.165) is 17.8 Å². The summed E-state index contributed by atoms with van der Waals surface area (Å²) in [5.41, 5.74) is 0. The molecule has 0 aromatic heterocycles. The topological polar surface area (TPSA) is 0 Å². The maximum atomic E-state index is 7.58. The van der Waals surface area contributed by atoms with Crippen LogP contribution in [0.3, 0.4) is 0 Å². The van der Waals surface area contributed by atoms with Gasteiger partial charge in [0.15, 0.2) is 0 Å². The van der Waals surface area contributed by atoms with Crippen molar-refractivity contribution in [2.24, 2.45) is 17.8 Å². The quantitative estimate of drug-likeness (QED) is 0.508. The first-order valence-corrected chi connectivity index (χ1v) is 9.88. The minimum Gasteiger partial charge on any atom is -0.118 e. The van der Waals surface area contributed by atoms with Gasteiger partial charge < -0.3 is 0 Å². The Kier molecular flexibility index (Phi) is 5.34. The lowest BCUT2D eigenvalue weighted by atomic mass is 9.61. The van der Waals surface area contributed by atoms with Crippen molar-refractivity contribution in [1.82, 2.24) is 0 Å². The molecule has 0 aliphatic heterocycles. The molecule has 0 spiro atoms. The zero-order valence-corrected chi connectivity index (χ0v) is 14.0. The zero-order chi connectivity index (χ0) is 13.8. The van der Waals surface area contributed by atoms with Gasteiger partial charge in [-0.05, 0) is 56.3 Å². The summed E-state index contributed by atoms with van der Waals surface area (Å²) in [4.78, 5) is 0.182. The van der Waals surface area contributed by atoms with Gasteiger partial charge in [-0.25, -0.2) is 0 Å². The lowest BCUT2D eigenvalue weighted by molar-refractivity contribution is 0.0933. The van der Waals surface area contributed by atoms with E-state index in [1.807, 2.05) is 0 Å². The van der Waals surface area contributed by atoms with E-state index in [4.69, 9.17) is 11.6 Å². The van der Waals surface area contributed by atoms with Crippen molar-refractivity contribution < 1.29 is 0 Å². The van der Waals surface area contributed by atoms with Gasteiger partial charge in [0.25, 0.3) is 0 Å². The second kappa shape index (κ2) is 7.03. The van der Waals surface area contributed by atoms with E-state index in [-0.39, 0.29) is 4.87 Å². The van der Waals surface area contributed by atoms with Crippen LogP contribution in [-0.4, -0.2) is 4.87 Å². The van der Waals surface area contributed by atoms with Crippen LogP contribution in [0.2, 0.25) is 0 Å². The molecule has 0 N–H and O–H groups in total. The van der Waals surface area contributed by atoms with Gasteiger partial charge in [0.1, 0.15) is 0 Å². The van der Waals surface area contributed by atoms with E-state index in [0.29, 0.717) is 0 Å². The zero-order valence-electron chi connectivity index (χ0n) is 13.2. The summed E-state index contributed by atoms with van der Waals surface area (Å²) in [5.74, 6) is 2.51. The summed E-state index contributed by atoms with van der Waals surface area (Å²) < 4.78 is 0. The second-order valence-electron chi connectivity index (χ2n) is 7.83. The van der Waals surface area contributed by atoms with Crippen LogP contribution in [0.15, 0.2) is 0 Å². The van der Waals surface area contributed by atoms with E-state index in [1.165, 1.54) is 96.3 Å². The molecule has 0 radical (unpaired) electrons. The highest BCUT2D eigenvalue weighted by molar-refractivity contribution is 6.24. The molecule has 0 atom stereocenters. The standard InChI is InChI=1S/C19H33Cl/c20-19(16-10-4-1-5-11-16,17-12-6-2-7-13-17)18-14-8-3-9-15-18/h16-18H,1-15H2. The Morgan fingerprint density at radius 3 is 0.950 bits per heavy atom. The fourth-order valence-corrected chi connectivity index (χ4v) is 6.29. The highest BCUT2D eigenvalue weighted by Gasteiger charge is 2.49. The smallest absolute Gasteiger partial charge is 0.0531 e. The average molecular weight is 297 g/mol. The van der Waals surface area contributed by atoms with Crippen molar-refractivity contribution in [3.63, 3.8) is 0 Å².